The molecule has 4 N–H and O–H groups in total. The second-order valence-corrected chi connectivity index (χ2v) is 4.73. The third kappa shape index (κ3) is 4.73. The number of amides is 2. The van der Waals surface area contributed by atoms with Crippen molar-refractivity contribution in [1.82, 2.24) is 10.6 Å². The van der Waals surface area contributed by atoms with Crippen LogP contribution in [-0.4, -0.2) is 30.4 Å². The smallest absolute Gasteiger partial charge is 0.242 e. The molecule has 1 fully saturated rings. The third-order valence-corrected chi connectivity index (χ3v) is 2.97. The van der Waals surface area contributed by atoms with Crippen LogP contribution >= 0.6 is 0 Å². The van der Waals surface area contributed by atoms with Crippen molar-refractivity contribution in [3.05, 3.63) is 0 Å². The minimum absolute atomic E-state index is 0.104. The Hall–Kier alpha value is -1.10. The zero-order valence-electron chi connectivity index (χ0n) is 10.7. The summed E-state index contributed by atoms with van der Waals surface area (Å²) in [6.45, 7) is 4.05. The molecule has 0 spiro atoms. The minimum Gasteiger partial charge on any atom is -0.352 e. The predicted octanol–water partition coefficient (Wildman–Crippen LogP) is 0.145. The van der Waals surface area contributed by atoms with Crippen LogP contribution in [-0.2, 0) is 9.59 Å². The van der Waals surface area contributed by atoms with Gasteiger partial charge in [-0.15, -0.1) is 0 Å². The molecule has 5 heteroatoms. The molecule has 17 heavy (non-hydrogen) atoms. The molecule has 5 nitrogen and oxygen atoms in total. The summed E-state index contributed by atoms with van der Waals surface area (Å²) in [5, 5.41) is 5.58. The molecule has 0 aromatic heterocycles. The van der Waals surface area contributed by atoms with Gasteiger partial charge >= 0.3 is 0 Å². The van der Waals surface area contributed by atoms with Gasteiger partial charge in [0.1, 0.15) is 6.04 Å². The molecule has 0 saturated heterocycles. The van der Waals surface area contributed by atoms with E-state index in [0.29, 0.717) is 12.6 Å². The van der Waals surface area contributed by atoms with Crippen molar-refractivity contribution in [1.29, 1.82) is 0 Å². The van der Waals surface area contributed by atoms with Crippen LogP contribution in [0.2, 0.25) is 0 Å². The van der Waals surface area contributed by atoms with E-state index in [4.69, 9.17) is 5.73 Å². The Morgan fingerprint density at radius 1 is 1.35 bits per heavy atom. The first-order valence-corrected chi connectivity index (χ1v) is 6.39. The number of nitrogens with two attached hydrogens (primary N) is 1. The first kappa shape index (κ1) is 14.0. The van der Waals surface area contributed by atoms with Crippen molar-refractivity contribution < 1.29 is 9.59 Å². The van der Waals surface area contributed by atoms with E-state index in [-0.39, 0.29) is 17.7 Å². The van der Waals surface area contributed by atoms with E-state index in [9.17, 15) is 9.59 Å². The van der Waals surface area contributed by atoms with E-state index in [1.54, 1.807) is 6.92 Å². The summed E-state index contributed by atoms with van der Waals surface area (Å²) in [6.07, 6.45) is 3.78. The maximum absolute atomic E-state index is 11.8. The zero-order chi connectivity index (χ0) is 12.8. The van der Waals surface area contributed by atoms with Gasteiger partial charge in [0.15, 0.2) is 0 Å². The van der Waals surface area contributed by atoms with Crippen LogP contribution in [0.4, 0.5) is 0 Å². The number of hydrogen-bond acceptors (Lipinski definition) is 3. The molecule has 2 amide bonds. The third-order valence-electron chi connectivity index (χ3n) is 2.97. The number of nitrogens with one attached hydrogen (secondary N) is 2. The largest absolute Gasteiger partial charge is 0.352 e. The Kier molecular flexibility index (Phi) is 5.41. The van der Waals surface area contributed by atoms with E-state index in [1.807, 2.05) is 6.92 Å². The number of carbonyl (C=O) groups excluding carboxylic acids is 2. The van der Waals surface area contributed by atoms with Crippen molar-refractivity contribution in [2.24, 2.45) is 11.7 Å². The zero-order valence-corrected chi connectivity index (χ0v) is 10.7. The van der Waals surface area contributed by atoms with Crippen molar-refractivity contribution in [3.8, 4) is 0 Å². The highest BCUT2D eigenvalue weighted by molar-refractivity contribution is 5.88. The number of hydrogen-bond donors (Lipinski definition) is 3. The van der Waals surface area contributed by atoms with Gasteiger partial charge in [-0.2, -0.15) is 0 Å². The fourth-order valence-corrected chi connectivity index (χ4v) is 1.66. The topological polar surface area (TPSA) is 84.2 Å². The van der Waals surface area contributed by atoms with Crippen LogP contribution in [0.25, 0.3) is 0 Å². The highest BCUT2D eigenvalue weighted by Crippen LogP contribution is 2.18. The summed E-state index contributed by atoms with van der Waals surface area (Å²) >= 11 is 0. The normalized spacial score (nSPS) is 18.3. The van der Waals surface area contributed by atoms with E-state index >= 15 is 0 Å². The molecule has 2 atom stereocenters. The quantitative estimate of drug-likeness (QED) is 0.593. The lowest BCUT2D eigenvalue weighted by Gasteiger charge is -2.18. The van der Waals surface area contributed by atoms with E-state index in [1.165, 1.54) is 0 Å². The first-order chi connectivity index (χ1) is 8.08. The summed E-state index contributed by atoms with van der Waals surface area (Å²) in [5.74, 6) is -0.405. The molecular weight excluding hydrogens is 218 g/mol. The highest BCUT2D eigenvalue weighted by atomic mass is 16.2. The van der Waals surface area contributed by atoms with Gasteiger partial charge in [-0.1, -0.05) is 13.3 Å². The summed E-state index contributed by atoms with van der Waals surface area (Å²) in [6, 6.07) is -0.156. The van der Waals surface area contributed by atoms with Gasteiger partial charge < -0.3 is 16.4 Å². The lowest BCUT2D eigenvalue weighted by atomic mass is 10.0. The maximum Gasteiger partial charge on any atom is 0.242 e. The Labute approximate surface area is 103 Å². The monoisotopic (exact) mass is 241 g/mol. The average Bonchev–Trinajstić information content (AvgIpc) is 3.09. The maximum atomic E-state index is 11.8. The standard InChI is InChI=1S/C12H23N3O2/c1-3-4-9(7-13)12(17)14-8(2)11(16)15-10-5-6-10/h8-10H,3-7,13H2,1-2H3,(H,14,17)(H,15,16). The Morgan fingerprint density at radius 3 is 2.47 bits per heavy atom. The molecular formula is C12H23N3O2. The second kappa shape index (κ2) is 6.59. The van der Waals surface area contributed by atoms with Gasteiger partial charge in [0, 0.05) is 12.6 Å². The van der Waals surface area contributed by atoms with Gasteiger partial charge in [0.25, 0.3) is 0 Å². The van der Waals surface area contributed by atoms with E-state index in [0.717, 1.165) is 25.7 Å². The number of carbonyl (C=O) groups is 2. The highest BCUT2D eigenvalue weighted by Gasteiger charge is 2.27. The lowest BCUT2D eigenvalue weighted by molar-refractivity contribution is -0.130. The molecule has 98 valence electrons. The van der Waals surface area contributed by atoms with Crippen molar-refractivity contribution in [2.75, 3.05) is 6.54 Å². The Balaban J connectivity index is 2.34. The van der Waals surface area contributed by atoms with E-state index in [2.05, 4.69) is 10.6 Å². The molecule has 0 bridgehead atoms. The minimum atomic E-state index is -0.478. The second-order valence-electron chi connectivity index (χ2n) is 4.73. The van der Waals surface area contributed by atoms with Crippen LogP contribution in [0.5, 0.6) is 0 Å². The van der Waals surface area contributed by atoms with Crippen LogP contribution in [0.3, 0.4) is 0 Å². The summed E-state index contributed by atoms with van der Waals surface area (Å²) in [4.78, 5) is 23.5. The molecule has 1 rings (SSSR count). The molecule has 1 aliphatic carbocycles. The van der Waals surface area contributed by atoms with Gasteiger partial charge in [-0.05, 0) is 26.2 Å². The van der Waals surface area contributed by atoms with Crippen LogP contribution in [0.1, 0.15) is 39.5 Å². The number of rotatable bonds is 7. The molecule has 0 aromatic rings. The van der Waals surface area contributed by atoms with Gasteiger partial charge in [-0.3, -0.25) is 9.59 Å². The van der Waals surface area contributed by atoms with E-state index < -0.39 is 6.04 Å². The fourth-order valence-electron chi connectivity index (χ4n) is 1.66. The summed E-state index contributed by atoms with van der Waals surface area (Å²) in [5.41, 5.74) is 5.54. The SMILES string of the molecule is CCCC(CN)C(=O)NC(C)C(=O)NC1CC1. The molecule has 2 unspecified atom stereocenters. The summed E-state index contributed by atoms with van der Waals surface area (Å²) in [7, 11) is 0. The predicted molar refractivity (Wildman–Crippen MR) is 66.2 cm³/mol. The molecule has 1 aliphatic rings. The van der Waals surface area contributed by atoms with Crippen LogP contribution < -0.4 is 16.4 Å². The molecule has 1 saturated carbocycles. The molecule has 0 heterocycles. The average molecular weight is 241 g/mol. The van der Waals surface area contributed by atoms with Crippen molar-refractivity contribution in [3.63, 3.8) is 0 Å². The summed E-state index contributed by atoms with van der Waals surface area (Å²) < 4.78 is 0. The van der Waals surface area contributed by atoms with Crippen LogP contribution in [0, 0.1) is 5.92 Å². The first-order valence-electron chi connectivity index (χ1n) is 6.39. The molecule has 0 radical (unpaired) electrons. The lowest BCUT2D eigenvalue weighted by Crippen LogP contribution is -2.48. The Morgan fingerprint density at radius 2 is 2.00 bits per heavy atom. The van der Waals surface area contributed by atoms with Gasteiger partial charge in [0.05, 0.1) is 5.92 Å². The van der Waals surface area contributed by atoms with Crippen molar-refractivity contribution >= 4 is 11.8 Å². The molecule has 0 aliphatic heterocycles. The molecule has 0 aromatic carbocycles. The Bertz CT molecular complexity index is 277. The van der Waals surface area contributed by atoms with Crippen LogP contribution in [0.15, 0.2) is 0 Å². The van der Waals surface area contributed by atoms with Crippen molar-refractivity contribution in [2.45, 2.75) is 51.6 Å². The van der Waals surface area contributed by atoms with Gasteiger partial charge in [-0.25, -0.2) is 0 Å². The fraction of sp³-hybridized carbons (Fsp3) is 0.833. The van der Waals surface area contributed by atoms with Gasteiger partial charge in [0.2, 0.25) is 11.8 Å².